The maximum absolute atomic E-state index is 13.2. The molecule has 0 aliphatic heterocycles. The van der Waals surface area contributed by atoms with E-state index in [0.717, 1.165) is 16.0 Å². The molecule has 138 valence electrons. The molecule has 0 atom stereocenters. The summed E-state index contributed by atoms with van der Waals surface area (Å²) >= 11 is 1.16. The number of carbonyl (C=O) groups excluding carboxylic acids is 3. The molecule has 8 heteroatoms. The Balaban J connectivity index is 1.58. The summed E-state index contributed by atoms with van der Waals surface area (Å²) in [7, 11) is 0. The number of nitrogens with one attached hydrogen (secondary N) is 2. The van der Waals surface area contributed by atoms with Gasteiger partial charge in [-0.05, 0) is 47.9 Å². The number of fused-ring (bicyclic) bond motifs is 1. The minimum atomic E-state index is -0.654. The van der Waals surface area contributed by atoms with Gasteiger partial charge in [0.15, 0.2) is 6.61 Å². The number of esters is 1. The van der Waals surface area contributed by atoms with Gasteiger partial charge in [0.25, 0.3) is 5.91 Å². The fourth-order valence-electron chi connectivity index (χ4n) is 2.39. The van der Waals surface area contributed by atoms with Crippen molar-refractivity contribution in [3.05, 3.63) is 59.2 Å². The third kappa shape index (κ3) is 4.89. The fraction of sp³-hybridized carbons (Fsp3) is 0.105. The highest BCUT2D eigenvalue weighted by Crippen LogP contribution is 2.26. The minimum Gasteiger partial charge on any atom is -0.451 e. The van der Waals surface area contributed by atoms with Crippen LogP contribution in [0, 0.1) is 5.82 Å². The topological polar surface area (TPSA) is 84.5 Å². The average molecular weight is 386 g/mol. The van der Waals surface area contributed by atoms with Crippen LogP contribution in [0.3, 0.4) is 0 Å². The number of thiophene rings is 1. The Kier molecular flexibility index (Phi) is 5.46. The third-order valence-electron chi connectivity index (χ3n) is 3.48. The zero-order valence-corrected chi connectivity index (χ0v) is 15.1. The molecule has 0 fully saturated rings. The van der Waals surface area contributed by atoms with Crippen LogP contribution in [0.5, 0.6) is 0 Å². The van der Waals surface area contributed by atoms with Gasteiger partial charge in [-0.3, -0.25) is 9.59 Å². The highest BCUT2D eigenvalue weighted by Gasteiger charge is 2.14. The summed E-state index contributed by atoms with van der Waals surface area (Å²) in [4.78, 5) is 35.4. The van der Waals surface area contributed by atoms with Crippen LogP contribution < -0.4 is 10.6 Å². The van der Waals surface area contributed by atoms with E-state index in [-0.39, 0.29) is 16.6 Å². The van der Waals surface area contributed by atoms with Gasteiger partial charge in [-0.15, -0.1) is 11.3 Å². The number of hydrogen-bond acceptors (Lipinski definition) is 5. The lowest BCUT2D eigenvalue weighted by molar-refractivity contribution is -0.119. The number of hydrogen-bond donors (Lipinski definition) is 2. The number of rotatable bonds is 5. The monoisotopic (exact) mass is 386 g/mol. The first kappa shape index (κ1) is 18.5. The Morgan fingerprint density at radius 3 is 2.52 bits per heavy atom. The van der Waals surface area contributed by atoms with Gasteiger partial charge in [-0.1, -0.05) is 6.07 Å². The van der Waals surface area contributed by atoms with Crippen LogP contribution in [0.2, 0.25) is 0 Å². The number of amides is 2. The van der Waals surface area contributed by atoms with E-state index in [1.807, 2.05) is 0 Å². The Morgan fingerprint density at radius 1 is 1.04 bits per heavy atom. The van der Waals surface area contributed by atoms with E-state index < -0.39 is 18.5 Å². The zero-order chi connectivity index (χ0) is 19.4. The molecule has 2 amide bonds. The molecule has 0 aliphatic rings. The number of anilines is 2. The summed E-state index contributed by atoms with van der Waals surface area (Å²) in [6.45, 7) is 0.916. The van der Waals surface area contributed by atoms with Gasteiger partial charge >= 0.3 is 5.97 Å². The Labute approximate surface area is 157 Å². The van der Waals surface area contributed by atoms with Gasteiger partial charge in [0.05, 0.1) is 0 Å². The Morgan fingerprint density at radius 2 is 1.78 bits per heavy atom. The van der Waals surface area contributed by atoms with Crippen LogP contribution in [0.1, 0.15) is 16.6 Å². The second-order valence-electron chi connectivity index (χ2n) is 5.68. The molecular weight excluding hydrogens is 371 g/mol. The second kappa shape index (κ2) is 7.96. The standard InChI is InChI=1S/C19H15FN2O4S/c1-11(23)21-14-3-2-4-15(9-14)22-18(24)10-26-19(25)17-8-12-7-13(20)5-6-16(12)27-17/h2-9H,10H2,1H3,(H,21,23)(H,22,24). The molecule has 0 aliphatic carbocycles. The highest BCUT2D eigenvalue weighted by molar-refractivity contribution is 7.20. The molecule has 3 aromatic rings. The van der Waals surface area contributed by atoms with Crippen molar-refractivity contribution in [1.29, 1.82) is 0 Å². The van der Waals surface area contributed by atoms with Crippen LogP contribution in [-0.4, -0.2) is 24.4 Å². The number of benzene rings is 2. The van der Waals surface area contributed by atoms with Crippen LogP contribution in [-0.2, 0) is 14.3 Å². The van der Waals surface area contributed by atoms with Crippen molar-refractivity contribution in [2.24, 2.45) is 0 Å². The minimum absolute atomic E-state index is 0.226. The van der Waals surface area contributed by atoms with E-state index in [9.17, 15) is 18.8 Å². The van der Waals surface area contributed by atoms with Crippen LogP contribution in [0.4, 0.5) is 15.8 Å². The number of carbonyl (C=O) groups is 3. The molecule has 27 heavy (non-hydrogen) atoms. The van der Waals surface area contributed by atoms with Gasteiger partial charge in [-0.2, -0.15) is 0 Å². The van der Waals surface area contributed by atoms with Crippen molar-refractivity contribution >= 4 is 50.6 Å². The summed E-state index contributed by atoms with van der Waals surface area (Å²) in [5.41, 5.74) is 0.995. The molecule has 6 nitrogen and oxygen atoms in total. The van der Waals surface area contributed by atoms with Crippen LogP contribution >= 0.6 is 11.3 Å². The van der Waals surface area contributed by atoms with E-state index in [1.54, 1.807) is 30.3 Å². The lowest BCUT2D eigenvalue weighted by Crippen LogP contribution is -2.20. The first-order valence-corrected chi connectivity index (χ1v) is 8.76. The van der Waals surface area contributed by atoms with Crippen molar-refractivity contribution in [2.45, 2.75) is 6.92 Å². The normalized spacial score (nSPS) is 10.4. The molecule has 0 saturated carbocycles. The maximum Gasteiger partial charge on any atom is 0.348 e. The molecule has 0 unspecified atom stereocenters. The van der Waals surface area contributed by atoms with Crippen molar-refractivity contribution in [2.75, 3.05) is 17.2 Å². The zero-order valence-electron chi connectivity index (χ0n) is 14.2. The fourth-order valence-corrected chi connectivity index (χ4v) is 3.33. The molecule has 0 saturated heterocycles. The van der Waals surface area contributed by atoms with Crippen LogP contribution in [0.25, 0.3) is 10.1 Å². The molecular formula is C19H15FN2O4S. The van der Waals surface area contributed by atoms with E-state index in [2.05, 4.69) is 10.6 Å². The lowest BCUT2D eigenvalue weighted by Gasteiger charge is -2.08. The van der Waals surface area contributed by atoms with Crippen molar-refractivity contribution < 1.29 is 23.5 Å². The quantitative estimate of drug-likeness (QED) is 0.654. The van der Waals surface area contributed by atoms with Crippen molar-refractivity contribution in [3.63, 3.8) is 0 Å². The first-order chi connectivity index (χ1) is 12.9. The summed E-state index contributed by atoms with van der Waals surface area (Å²) in [5, 5.41) is 5.79. The van der Waals surface area contributed by atoms with E-state index in [4.69, 9.17) is 4.74 Å². The summed E-state index contributed by atoms with van der Waals surface area (Å²) in [6.07, 6.45) is 0. The highest BCUT2D eigenvalue weighted by atomic mass is 32.1. The first-order valence-electron chi connectivity index (χ1n) is 7.94. The Bertz CT molecular complexity index is 1030. The predicted molar refractivity (Wildman–Crippen MR) is 101 cm³/mol. The second-order valence-corrected chi connectivity index (χ2v) is 6.76. The van der Waals surface area contributed by atoms with Crippen molar-refractivity contribution in [1.82, 2.24) is 0 Å². The van der Waals surface area contributed by atoms with Crippen molar-refractivity contribution in [3.8, 4) is 0 Å². The molecule has 2 aromatic carbocycles. The van der Waals surface area contributed by atoms with Gasteiger partial charge in [0, 0.05) is 23.0 Å². The predicted octanol–water partition coefficient (Wildman–Crippen LogP) is 3.79. The molecule has 2 N–H and O–H groups in total. The smallest absolute Gasteiger partial charge is 0.348 e. The van der Waals surface area contributed by atoms with Crippen LogP contribution in [0.15, 0.2) is 48.5 Å². The Hall–Kier alpha value is -3.26. The molecule has 0 bridgehead atoms. The largest absolute Gasteiger partial charge is 0.451 e. The summed E-state index contributed by atoms with van der Waals surface area (Å²) in [5.74, 6) is -1.79. The molecule has 1 heterocycles. The van der Waals surface area contributed by atoms with Gasteiger partial charge < -0.3 is 15.4 Å². The molecule has 3 rings (SSSR count). The number of halogens is 1. The molecule has 0 spiro atoms. The maximum atomic E-state index is 13.2. The van der Waals surface area contributed by atoms with E-state index in [0.29, 0.717) is 16.8 Å². The molecule has 0 radical (unpaired) electrons. The van der Waals surface area contributed by atoms with Gasteiger partial charge in [-0.25, -0.2) is 9.18 Å². The van der Waals surface area contributed by atoms with E-state index in [1.165, 1.54) is 25.1 Å². The average Bonchev–Trinajstić information content (AvgIpc) is 3.02. The van der Waals surface area contributed by atoms with Gasteiger partial charge in [0.1, 0.15) is 10.7 Å². The number of ether oxygens (including phenoxy) is 1. The summed E-state index contributed by atoms with van der Waals surface area (Å²) in [6, 6.07) is 12.3. The molecule has 1 aromatic heterocycles. The summed E-state index contributed by atoms with van der Waals surface area (Å²) < 4.78 is 19.0. The SMILES string of the molecule is CC(=O)Nc1cccc(NC(=O)COC(=O)c2cc3cc(F)ccc3s2)c1. The van der Waals surface area contributed by atoms with E-state index >= 15 is 0 Å². The van der Waals surface area contributed by atoms with Gasteiger partial charge in [0.2, 0.25) is 5.91 Å². The lowest BCUT2D eigenvalue weighted by atomic mass is 10.2. The third-order valence-corrected chi connectivity index (χ3v) is 4.58.